The van der Waals surface area contributed by atoms with E-state index in [0.717, 1.165) is 43.8 Å². The lowest BCUT2D eigenvalue weighted by atomic mass is 9.89. The van der Waals surface area contributed by atoms with Gasteiger partial charge in [-0.2, -0.15) is 5.10 Å². The molecule has 1 aliphatic rings. The van der Waals surface area contributed by atoms with E-state index >= 15 is 0 Å². The van der Waals surface area contributed by atoms with E-state index in [2.05, 4.69) is 12.0 Å². The summed E-state index contributed by atoms with van der Waals surface area (Å²) in [7, 11) is 0. The van der Waals surface area contributed by atoms with Crippen LogP contribution in [0.25, 0.3) is 0 Å². The van der Waals surface area contributed by atoms with E-state index in [1.165, 1.54) is 12.8 Å². The van der Waals surface area contributed by atoms with Crippen molar-refractivity contribution in [2.24, 2.45) is 5.92 Å². The standard InChI is InChI=1S/C14H23ClN2O/c1-3-11-6-5-8-14(18,9-7-11)13-12(15)10-16-17(13)4-2/h10-11,18H,3-9H2,1-2H3. The van der Waals surface area contributed by atoms with Crippen LogP contribution in [0.2, 0.25) is 5.02 Å². The average molecular weight is 271 g/mol. The molecular formula is C14H23ClN2O. The molecule has 0 saturated heterocycles. The molecule has 0 radical (unpaired) electrons. The van der Waals surface area contributed by atoms with Crippen molar-refractivity contribution in [3.8, 4) is 0 Å². The molecular weight excluding hydrogens is 248 g/mol. The molecule has 2 unspecified atom stereocenters. The molecule has 0 bridgehead atoms. The van der Waals surface area contributed by atoms with Crippen molar-refractivity contribution in [2.45, 2.75) is 64.5 Å². The van der Waals surface area contributed by atoms with Crippen LogP contribution in [0.3, 0.4) is 0 Å². The molecule has 0 aliphatic heterocycles. The maximum Gasteiger partial charge on any atom is 0.108 e. The number of nitrogens with zero attached hydrogens (tertiary/aromatic N) is 2. The van der Waals surface area contributed by atoms with E-state index in [9.17, 15) is 5.11 Å². The zero-order valence-corrected chi connectivity index (χ0v) is 12.1. The minimum atomic E-state index is -0.784. The van der Waals surface area contributed by atoms with Crippen molar-refractivity contribution in [1.29, 1.82) is 0 Å². The second kappa shape index (κ2) is 5.62. The summed E-state index contributed by atoms with van der Waals surface area (Å²) in [6, 6.07) is 0. The number of halogens is 1. The van der Waals surface area contributed by atoms with Crippen molar-refractivity contribution in [3.63, 3.8) is 0 Å². The van der Waals surface area contributed by atoms with E-state index in [-0.39, 0.29) is 0 Å². The van der Waals surface area contributed by atoms with Crippen LogP contribution in [0.4, 0.5) is 0 Å². The van der Waals surface area contributed by atoms with Crippen LogP contribution in [-0.4, -0.2) is 14.9 Å². The van der Waals surface area contributed by atoms with Gasteiger partial charge in [0.15, 0.2) is 0 Å². The van der Waals surface area contributed by atoms with Crippen LogP contribution < -0.4 is 0 Å². The van der Waals surface area contributed by atoms with E-state index in [4.69, 9.17) is 11.6 Å². The molecule has 2 atom stereocenters. The summed E-state index contributed by atoms with van der Waals surface area (Å²) >= 11 is 6.23. The van der Waals surface area contributed by atoms with Crippen molar-refractivity contribution < 1.29 is 5.11 Å². The molecule has 0 aromatic carbocycles. The highest BCUT2D eigenvalue weighted by atomic mass is 35.5. The van der Waals surface area contributed by atoms with Crippen LogP contribution in [0, 0.1) is 5.92 Å². The Labute approximate surface area is 114 Å². The highest BCUT2D eigenvalue weighted by molar-refractivity contribution is 6.31. The molecule has 3 nitrogen and oxygen atoms in total. The van der Waals surface area contributed by atoms with Gasteiger partial charge in [0, 0.05) is 6.54 Å². The SMILES string of the molecule is CCC1CCCC(O)(c2c(Cl)cnn2CC)CC1. The predicted molar refractivity (Wildman–Crippen MR) is 73.7 cm³/mol. The maximum atomic E-state index is 11.0. The largest absolute Gasteiger partial charge is 0.384 e. The normalized spacial score (nSPS) is 29.2. The molecule has 1 aromatic rings. The second-order valence-electron chi connectivity index (χ2n) is 5.39. The molecule has 0 amide bonds. The smallest absolute Gasteiger partial charge is 0.108 e. The molecule has 1 N–H and O–H groups in total. The lowest BCUT2D eigenvalue weighted by Gasteiger charge is -2.28. The zero-order chi connectivity index (χ0) is 13.2. The Kier molecular flexibility index (Phi) is 4.33. The topological polar surface area (TPSA) is 38.1 Å². The zero-order valence-electron chi connectivity index (χ0n) is 11.3. The Balaban J connectivity index is 2.27. The van der Waals surface area contributed by atoms with Gasteiger partial charge in [-0.15, -0.1) is 0 Å². The van der Waals surface area contributed by atoms with Crippen LogP contribution in [-0.2, 0) is 12.1 Å². The summed E-state index contributed by atoms with van der Waals surface area (Å²) in [5.41, 5.74) is 0.0384. The van der Waals surface area contributed by atoms with Crippen LogP contribution in [0.1, 0.15) is 58.1 Å². The summed E-state index contributed by atoms with van der Waals surface area (Å²) in [5.74, 6) is 0.746. The summed E-state index contributed by atoms with van der Waals surface area (Å²) in [5, 5.41) is 15.8. The number of aromatic nitrogens is 2. The first kappa shape index (κ1) is 13.9. The summed E-state index contributed by atoms with van der Waals surface area (Å²) < 4.78 is 1.84. The third kappa shape index (κ3) is 2.57. The molecule has 102 valence electrons. The van der Waals surface area contributed by atoms with Crippen molar-refractivity contribution in [3.05, 3.63) is 16.9 Å². The fraction of sp³-hybridized carbons (Fsp3) is 0.786. The Bertz CT molecular complexity index is 404. The lowest BCUT2D eigenvalue weighted by Crippen LogP contribution is -2.29. The number of hydrogen-bond donors (Lipinski definition) is 1. The highest BCUT2D eigenvalue weighted by Crippen LogP contribution is 2.41. The summed E-state index contributed by atoms with van der Waals surface area (Å²) in [6.07, 6.45) is 7.83. The monoisotopic (exact) mass is 270 g/mol. The Hall–Kier alpha value is -0.540. The van der Waals surface area contributed by atoms with Gasteiger partial charge in [0.25, 0.3) is 0 Å². The molecule has 4 heteroatoms. The molecule has 1 fully saturated rings. The third-order valence-electron chi connectivity index (χ3n) is 4.28. The van der Waals surface area contributed by atoms with Crippen molar-refractivity contribution >= 4 is 11.6 Å². The van der Waals surface area contributed by atoms with Gasteiger partial charge in [-0.05, 0) is 38.5 Å². The van der Waals surface area contributed by atoms with Gasteiger partial charge in [0.1, 0.15) is 5.60 Å². The van der Waals surface area contributed by atoms with Gasteiger partial charge in [-0.25, -0.2) is 0 Å². The van der Waals surface area contributed by atoms with E-state index in [1.807, 2.05) is 11.6 Å². The quantitative estimate of drug-likeness (QED) is 0.850. The minimum absolute atomic E-state index is 0.606. The Morgan fingerprint density at radius 2 is 2.22 bits per heavy atom. The number of hydrogen-bond acceptors (Lipinski definition) is 2. The average Bonchev–Trinajstić information content (AvgIpc) is 2.64. The predicted octanol–water partition coefficient (Wildman–Crippen LogP) is 3.73. The first-order valence-corrected chi connectivity index (χ1v) is 7.42. The van der Waals surface area contributed by atoms with Crippen LogP contribution in [0.5, 0.6) is 0 Å². The van der Waals surface area contributed by atoms with E-state index < -0.39 is 5.60 Å². The summed E-state index contributed by atoms with van der Waals surface area (Å²) in [4.78, 5) is 0. The Morgan fingerprint density at radius 3 is 2.89 bits per heavy atom. The minimum Gasteiger partial charge on any atom is -0.384 e. The molecule has 1 heterocycles. The number of aryl methyl sites for hydroxylation is 1. The van der Waals surface area contributed by atoms with Crippen LogP contribution in [0.15, 0.2) is 6.20 Å². The van der Waals surface area contributed by atoms with Crippen molar-refractivity contribution in [1.82, 2.24) is 9.78 Å². The molecule has 0 spiro atoms. The Morgan fingerprint density at radius 1 is 1.44 bits per heavy atom. The number of rotatable bonds is 3. The van der Waals surface area contributed by atoms with E-state index in [0.29, 0.717) is 5.02 Å². The third-order valence-corrected chi connectivity index (χ3v) is 4.56. The first-order valence-electron chi connectivity index (χ1n) is 7.05. The van der Waals surface area contributed by atoms with Gasteiger partial charge in [-0.3, -0.25) is 4.68 Å². The van der Waals surface area contributed by atoms with Gasteiger partial charge in [0.05, 0.1) is 16.9 Å². The van der Waals surface area contributed by atoms with Gasteiger partial charge < -0.3 is 5.11 Å². The molecule has 1 aliphatic carbocycles. The molecule has 18 heavy (non-hydrogen) atoms. The second-order valence-corrected chi connectivity index (χ2v) is 5.80. The fourth-order valence-corrected chi connectivity index (χ4v) is 3.42. The lowest BCUT2D eigenvalue weighted by molar-refractivity contribution is 0.0110. The first-order chi connectivity index (χ1) is 8.60. The highest BCUT2D eigenvalue weighted by Gasteiger charge is 2.36. The van der Waals surface area contributed by atoms with Crippen molar-refractivity contribution in [2.75, 3.05) is 0 Å². The summed E-state index contributed by atoms with van der Waals surface area (Å²) in [6.45, 7) is 5.02. The molecule has 1 aromatic heterocycles. The molecule has 1 saturated carbocycles. The van der Waals surface area contributed by atoms with E-state index in [1.54, 1.807) is 6.20 Å². The van der Waals surface area contributed by atoms with Gasteiger partial charge in [0.2, 0.25) is 0 Å². The maximum absolute atomic E-state index is 11.0. The molecule has 2 rings (SSSR count). The fourth-order valence-electron chi connectivity index (χ4n) is 3.11. The number of aliphatic hydroxyl groups is 1. The van der Waals surface area contributed by atoms with Crippen LogP contribution >= 0.6 is 11.6 Å². The van der Waals surface area contributed by atoms with Gasteiger partial charge >= 0.3 is 0 Å². The van der Waals surface area contributed by atoms with Gasteiger partial charge in [-0.1, -0.05) is 31.4 Å².